The van der Waals surface area contributed by atoms with E-state index in [1.807, 2.05) is 12.1 Å². The molecule has 0 aliphatic carbocycles. The van der Waals surface area contributed by atoms with Gasteiger partial charge in [0.1, 0.15) is 6.54 Å². The lowest BCUT2D eigenvalue weighted by Crippen LogP contribution is -2.43. The van der Waals surface area contributed by atoms with Crippen molar-refractivity contribution in [3.63, 3.8) is 0 Å². The molecule has 1 aliphatic rings. The second-order valence-corrected chi connectivity index (χ2v) is 4.49. The van der Waals surface area contributed by atoms with Crippen LogP contribution in [0.5, 0.6) is 0 Å². The highest BCUT2D eigenvalue weighted by Crippen LogP contribution is 2.32. The van der Waals surface area contributed by atoms with Crippen LogP contribution >= 0.6 is 15.9 Å². The van der Waals surface area contributed by atoms with Gasteiger partial charge in [-0.15, -0.1) is 0 Å². The molecule has 0 radical (unpaired) electrons. The number of nitrogens with zero attached hydrogens (tertiary/aromatic N) is 1. The normalized spacial score (nSPS) is 14.0. The zero-order chi connectivity index (χ0) is 12.4. The van der Waals surface area contributed by atoms with E-state index >= 15 is 0 Å². The molecular weight excluding hydrogens is 288 g/mol. The largest absolute Gasteiger partial charge is 0.468 e. The molecule has 1 N–H and O–H groups in total. The Morgan fingerprint density at radius 2 is 2.35 bits per heavy atom. The van der Waals surface area contributed by atoms with E-state index in [-0.39, 0.29) is 19.0 Å². The minimum atomic E-state index is -0.439. The Morgan fingerprint density at radius 1 is 1.59 bits per heavy atom. The maximum atomic E-state index is 11.8. The molecule has 0 atom stereocenters. The van der Waals surface area contributed by atoms with Gasteiger partial charge in [-0.1, -0.05) is 15.9 Å². The Kier molecular flexibility index (Phi) is 3.33. The Labute approximate surface area is 107 Å². The predicted octanol–water partition coefficient (Wildman–Crippen LogP) is 1.38. The Balaban J connectivity index is 2.35. The molecule has 6 heteroatoms. The summed E-state index contributed by atoms with van der Waals surface area (Å²) in [6.45, 7) is 0.117. The number of anilines is 2. The van der Waals surface area contributed by atoms with Crippen molar-refractivity contribution in [2.24, 2.45) is 0 Å². The second-order valence-electron chi connectivity index (χ2n) is 3.57. The van der Waals surface area contributed by atoms with Gasteiger partial charge < -0.3 is 10.1 Å². The van der Waals surface area contributed by atoms with E-state index < -0.39 is 5.97 Å². The smallest absolute Gasteiger partial charge is 0.325 e. The Hall–Kier alpha value is -1.56. The minimum absolute atomic E-state index is 0.0690. The van der Waals surface area contributed by atoms with Crippen molar-refractivity contribution in [2.75, 3.05) is 30.4 Å². The molecule has 1 aromatic carbocycles. The summed E-state index contributed by atoms with van der Waals surface area (Å²) in [4.78, 5) is 24.5. The van der Waals surface area contributed by atoms with Crippen LogP contribution in [0.25, 0.3) is 0 Å². The van der Waals surface area contributed by atoms with Gasteiger partial charge in [-0.05, 0) is 18.2 Å². The fourth-order valence-corrected chi connectivity index (χ4v) is 1.99. The lowest BCUT2D eigenvalue weighted by Gasteiger charge is -2.29. The molecular formula is C11H11BrN2O3. The lowest BCUT2D eigenvalue weighted by molar-refractivity contribution is -0.139. The van der Waals surface area contributed by atoms with Crippen LogP contribution in [0.2, 0.25) is 0 Å². The van der Waals surface area contributed by atoms with Crippen LogP contribution in [0.1, 0.15) is 0 Å². The lowest BCUT2D eigenvalue weighted by atomic mass is 10.2. The van der Waals surface area contributed by atoms with Crippen molar-refractivity contribution in [3.8, 4) is 0 Å². The molecule has 0 fully saturated rings. The maximum absolute atomic E-state index is 11.8. The zero-order valence-electron chi connectivity index (χ0n) is 9.20. The van der Waals surface area contributed by atoms with E-state index in [1.165, 1.54) is 12.0 Å². The first kappa shape index (κ1) is 11.9. The fraction of sp³-hybridized carbons (Fsp3) is 0.273. The van der Waals surface area contributed by atoms with Gasteiger partial charge in [0.15, 0.2) is 0 Å². The first-order valence-corrected chi connectivity index (χ1v) is 5.81. The first-order chi connectivity index (χ1) is 8.11. The van der Waals surface area contributed by atoms with Gasteiger partial charge in [-0.2, -0.15) is 0 Å². The number of amides is 1. The van der Waals surface area contributed by atoms with Crippen molar-refractivity contribution in [3.05, 3.63) is 22.7 Å². The van der Waals surface area contributed by atoms with Gasteiger partial charge in [0.2, 0.25) is 5.91 Å². The van der Waals surface area contributed by atoms with Crippen LogP contribution in [0.3, 0.4) is 0 Å². The molecule has 17 heavy (non-hydrogen) atoms. The van der Waals surface area contributed by atoms with Gasteiger partial charge in [-0.3, -0.25) is 14.5 Å². The number of fused-ring (bicyclic) bond motifs is 1. The summed E-state index contributed by atoms with van der Waals surface area (Å²) in [5.74, 6) is -0.591. The van der Waals surface area contributed by atoms with Crippen LogP contribution < -0.4 is 10.2 Å². The summed E-state index contributed by atoms with van der Waals surface area (Å²) in [5, 5.41) is 3.00. The SMILES string of the molecule is COC(=O)CN1C(=O)CNc2ccc(Br)cc21. The van der Waals surface area contributed by atoms with Gasteiger partial charge >= 0.3 is 5.97 Å². The molecule has 90 valence electrons. The highest BCUT2D eigenvalue weighted by atomic mass is 79.9. The third-order valence-corrected chi connectivity index (χ3v) is 2.99. The van der Waals surface area contributed by atoms with Gasteiger partial charge in [0, 0.05) is 4.47 Å². The number of methoxy groups -OCH3 is 1. The highest BCUT2D eigenvalue weighted by molar-refractivity contribution is 9.10. The molecule has 1 heterocycles. The molecule has 0 aromatic heterocycles. The number of halogens is 1. The van der Waals surface area contributed by atoms with E-state index in [1.54, 1.807) is 6.07 Å². The summed E-state index contributed by atoms with van der Waals surface area (Å²) in [5.41, 5.74) is 1.51. The van der Waals surface area contributed by atoms with Crippen LogP contribution in [-0.2, 0) is 14.3 Å². The number of ether oxygens (including phenoxy) is 1. The molecule has 0 spiro atoms. The quantitative estimate of drug-likeness (QED) is 0.838. The number of hydrogen-bond acceptors (Lipinski definition) is 4. The summed E-state index contributed by atoms with van der Waals surface area (Å²) in [6.07, 6.45) is 0. The summed E-state index contributed by atoms with van der Waals surface area (Å²) >= 11 is 3.34. The summed E-state index contributed by atoms with van der Waals surface area (Å²) < 4.78 is 5.43. The molecule has 0 saturated carbocycles. The number of benzene rings is 1. The van der Waals surface area contributed by atoms with E-state index in [0.29, 0.717) is 5.69 Å². The van der Waals surface area contributed by atoms with Crippen molar-refractivity contribution < 1.29 is 14.3 Å². The van der Waals surface area contributed by atoms with E-state index in [2.05, 4.69) is 26.0 Å². The van der Waals surface area contributed by atoms with Crippen molar-refractivity contribution >= 4 is 39.2 Å². The Bertz CT molecular complexity index is 476. The average molecular weight is 299 g/mol. The van der Waals surface area contributed by atoms with Crippen molar-refractivity contribution in [2.45, 2.75) is 0 Å². The first-order valence-electron chi connectivity index (χ1n) is 5.02. The van der Waals surface area contributed by atoms with Crippen LogP contribution in [-0.4, -0.2) is 32.1 Å². The molecule has 0 unspecified atom stereocenters. The van der Waals surface area contributed by atoms with E-state index in [9.17, 15) is 9.59 Å². The number of carbonyl (C=O) groups is 2. The molecule has 1 aromatic rings. The third-order valence-electron chi connectivity index (χ3n) is 2.50. The Morgan fingerprint density at radius 3 is 3.06 bits per heavy atom. The maximum Gasteiger partial charge on any atom is 0.325 e. The number of hydrogen-bond donors (Lipinski definition) is 1. The summed E-state index contributed by atoms with van der Waals surface area (Å²) in [6, 6.07) is 5.52. The average Bonchev–Trinajstić information content (AvgIpc) is 2.32. The number of rotatable bonds is 2. The van der Waals surface area contributed by atoms with Gasteiger partial charge in [-0.25, -0.2) is 0 Å². The second kappa shape index (κ2) is 4.75. The monoisotopic (exact) mass is 298 g/mol. The number of esters is 1. The van der Waals surface area contributed by atoms with Crippen molar-refractivity contribution in [1.82, 2.24) is 0 Å². The molecule has 1 amide bonds. The molecule has 0 bridgehead atoms. The fourth-order valence-electron chi connectivity index (χ4n) is 1.65. The van der Waals surface area contributed by atoms with Gasteiger partial charge in [0.25, 0.3) is 0 Å². The standard InChI is InChI=1S/C11H11BrN2O3/c1-17-11(16)6-14-9-4-7(12)2-3-8(9)13-5-10(14)15/h2-4,13H,5-6H2,1H3. The van der Waals surface area contributed by atoms with E-state index in [0.717, 1.165) is 10.2 Å². The molecule has 1 aliphatic heterocycles. The summed E-state index contributed by atoms with van der Waals surface area (Å²) in [7, 11) is 1.30. The zero-order valence-corrected chi connectivity index (χ0v) is 10.8. The highest BCUT2D eigenvalue weighted by Gasteiger charge is 2.26. The molecule has 5 nitrogen and oxygen atoms in total. The van der Waals surface area contributed by atoms with E-state index in [4.69, 9.17) is 0 Å². The minimum Gasteiger partial charge on any atom is -0.468 e. The molecule has 0 saturated heterocycles. The number of carbonyl (C=O) groups excluding carboxylic acids is 2. The van der Waals surface area contributed by atoms with Gasteiger partial charge in [0.05, 0.1) is 25.0 Å². The van der Waals surface area contributed by atoms with Crippen LogP contribution in [0.4, 0.5) is 11.4 Å². The van der Waals surface area contributed by atoms with Crippen LogP contribution in [0, 0.1) is 0 Å². The number of nitrogens with one attached hydrogen (secondary N) is 1. The predicted molar refractivity (Wildman–Crippen MR) is 67.0 cm³/mol. The van der Waals surface area contributed by atoms with Crippen LogP contribution in [0.15, 0.2) is 22.7 Å². The van der Waals surface area contributed by atoms with Crippen molar-refractivity contribution in [1.29, 1.82) is 0 Å². The molecule has 2 rings (SSSR count). The third kappa shape index (κ3) is 2.41. The topological polar surface area (TPSA) is 58.6 Å².